The smallest absolute Gasteiger partial charge is 0.0107 e. The Morgan fingerprint density at radius 2 is 2.07 bits per heavy atom. The van der Waals surface area contributed by atoms with Crippen molar-refractivity contribution < 1.29 is 0 Å². The van der Waals surface area contributed by atoms with Gasteiger partial charge >= 0.3 is 0 Å². The maximum absolute atomic E-state index is 3.53. The molecule has 1 aliphatic rings. The first-order valence-electron chi connectivity index (χ1n) is 6.47. The third kappa shape index (κ3) is 5.33. The molecule has 1 rings (SSSR count). The predicted octanol–water partition coefficient (Wildman–Crippen LogP) is 2.42. The van der Waals surface area contributed by atoms with Gasteiger partial charge in [0.25, 0.3) is 0 Å². The first-order chi connectivity index (χ1) is 7.36. The van der Waals surface area contributed by atoms with Crippen LogP contribution >= 0.6 is 0 Å². The highest BCUT2D eigenvalue weighted by molar-refractivity contribution is 5.07. The van der Waals surface area contributed by atoms with E-state index >= 15 is 0 Å². The summed E-state index contributed by atoms with van der Waals surface area (Å²) in [4.78, 5) is 2.46. The second-order valence-electron chi connectivity index (χ2n) is 4.28. The van der Waals surface area contributed by atoms with Crippen molar-refractivity contribution in [1.82, 2.24) is 10.2 Å². The summed E-state index contributed by atoms with van der Waals surface area (Å²) in [6, 6.07) is 0. The number of hydrogen-bond donors (Lipinski definition) is 1. The quantitative estimate of drug-likeness (QED) is 0.489. The third-order valence-electron chi connectivity index (χ3n) is 3.26. The summed E-state index contributed by atoms with van der Waals surface area (Å²) >= 11 is 0. The molecule has 0 aromatic carbocycles. The summed E-state index contributed by atoms with van der Waals surface area (Å²) in [7, 11) is 0. The summed E-state index contributed by atoms with van der Waals surface area (Å²) in [5, 5.41) is 3.53. The van der Waals surface area contributed by atoms with Crippen LogP contribution < -0.4 is 5.32 Å². The molecule has 15 heavy (non-hydrogen) atoms. The molecular formula is C13H26N2. The van der Waals surface area contributed by atoms with Gasteiger partial charge in [-0.2, -0.15) is 0 Å². The molecule has 2 nitrogen and oxygen atoms in total. The Morgan fingerprint density at radius 3 is 2.67 bits per heavy atom. The van der Waals surface area contributed by atoms with Crippen molar-refractivity contribution >= 4 is 0 Å². The molecule has 2 heteroatoms. The van der Waals surface area contributed by atoms with Crippen molar-refractivity contribution in [2.45, 2.75) is 39.5 Å². The largest absolute Gasteiger partial charge is 0.315 e. The Balaban J connectivity index is 1.92. The molecule has 0 radical (unpaired) electrons. The van der Waals surface area contributed by atoms with Crippen LogP contribution in [0.4, 0.5) is 0 Å². The highest BCUT2D eigenvalue weighted by Crippen LogP contribution is 2.19. The number of likely N-dealkylation sites (N-methyl/N-ethyl adjacent to an activating group) is 1. The second kappa shape index (κ2) is 7.89. The normalized spacial score (nSPS) is 16.1. The van der Waals surface area contributed by atoms with Crippen molar-refractivity contribution in [2.24, 2.45) is 0 Å². The second-order valence-corrected chi connectivity index (χ2v) is 4.28. The van der Waals surface area contributed by atoms with E-state index in [-0.39, 0.29) is 0 Å². The number of nitrogens with one attached hydrogen (secondary N) is 1. The highest BCUT2D eigenvalue weighted by atomic mass is 15.1. The average Bonchev–Trinajstić information content (AvgIpc) is 2.76. The summed E-state index contributed by atoms with van der Waals surface area (Å²) in [5.41, 5.74) is 1.67. The van der Waals surface area contributed by atoms with E-state index in [1.165, 1.54) is 45.3 Å². The molecule has 0 saturated heterocycles. The van der Waals surface area contributed by atoms with Gasteiger partial charge < -0.3 is 10.2 Å². The number of nitrogens with zero attached hydrogens (tertiary/aromatic N) is 1. The molecule has 0 aromatic rings. The molecule has 0 fully saturated rings. The molecule has 0 unspecified atom stereocenters. The molecule has 0 aliphatic heterocycles. The zero-order valence-corrected chi connectivity index (χ0v) is 10.4. The standard InChI is InChI=1S/C13H26N2/c1-3-15(4-2)12-11-14-10-9-13-7-5-6-8-13/h7,14H,3-6,8-12H2,1-2H3. The van der Waals surface area contributed by atoms with Gasteiger partial charge in [-0.15, -0.1) is 0 Å². The molecular weight excluding hydrogens is 184 g/mol. The summed E-state index contributed by atoms with van der Waals surface area (Å²) < 4.78 is 0. The number of rotatable bonds is 8. The number of hydrogen-bond acceptors (Lipinski definition) is 2. The SMILES string of the molecule is CCN(CC)CCNCCC1=CCCC1. The molecule has 0 amide bonds. The van der Waals surface area contributed by atoms with Crippen LogP contribution in [-0.2, 0) is 0 Å². The van der Waals surface area contributed by atoms with E-state index in [0.717, 1.165) is 13.1 Å². The Labute approximate surface area is 94.7 Å². The summed E-state index contributed by atoms with van der Waals surface area (Å²) in [5.74, 6) is 0. The Kier molecular flexibility index (Phi) is 6.69. The van der Waals surface area contributed by atoms with Crippen molar-refractivity contribution in [3.63, 3.8) is 0 Å². The molecule has 0 atom stereocenters. The first-order valence-corrected chi connectivity index (χ1v) is 6.47. The van der Waals surface area contributed by atoms with Crippen LogP contribution in [0.15, 0.2) is 11.6 Å². The van der Waals surface area contributed by atoms with Crippen LogP contribution in [0.5, 0.6) is 0 Å². The van der Waals surface area contributed by atoms with E-state index < -0.39 is 0 Å². The zero-order chi connectivity index (χ0) is 10.9. The van der Waals surface area contributed by atoms with Gasteiger partial charge in [-0.1, -0.05) is 25.5 Å². The van der Waals surface area contributed by atoms with Gasteiger partial charge in [0.05, 0.1) is 0 Å². The first kappa shape index (κ1) is 12.7. The molecule has 0 aromatic heterocycles. The Hall–Kier alpha value is -0.340. The molecule has 0 bridgehead atoms. The molecule has 0 heterocycles. The molecule has 1 aliphatic carbocycles. The van der Waals surface area contributed by atoms with Gasteiger partial charge in [-0.3, -0.25) is 0 Å². The van der Waals surface area contributed by atoms with Crippen LogP contribution in [0.2, 0.25) is 0 Å². The minimum absolute atomic E-state index is 1.13. The molecule has 88 valence electrons. The zero-order valence-electron chi connectivity index (χ0n) is 10.4. The van der Waals surface area contributed by atoms with Gasteiger partial charge in [-0.25, -0.2) is 0 Å². The van der Waals surface area contributed by atoms with Crippen LogP contribution in [0, 0.1) is 0 Å². The van der Waals surface area contributed by atoms with Crippen molar-refractivity contribution in [2.75, 3.05) is 32.7 Å². The fourth-order valence-corrected chi connectivity index (χ4v) is 2.12. The maximum atomic E-state index is 3.53. The van der Waals surface area contributed by atoms with Crippen LogP contribution in [0.1, 0.15) is 39.5 Å². The topological polar surface area (TPSA) is 15.3 Å². The highest BCUT2D eigenvalue weighted by Gasteiger charge is 2.03. The van der Waals surface area contributed by atoms with E-state index in [4.69, 9.17) is 0 Å². The average molecular weight is 210 g/mol. The van der Waals surface area contributed by atoms with E-state index in [2.05, 4.69) is 30.1 Å². The van der Waals surface area contributed by atoms with Gasteiger partial charge in [0.15, 0.2) is 0 Å². The number of allylic oxidation sites excluding steroid dienone is 1. The lowest BCUT2D eigenvalue weighted by Crippen LogP contribution is -2.32. The van der Waals surface area contributed by atoms with E-state index in [0.29, 0.717) is 0 Å². The molecule has 0 spiro atoms. The Morgan fingerprint density at radius 1 is 1.27 bits per heavy atom. The monoisotopic (exact) mass is 210 g/mol. The van der Waals surface area contributed by atoms with Crippen LogP contribution in [0.3, 0.4) is 0 Å². The summed E-state index contributed by atoms with van der Waals surface area (Å²) in [6.07, 6.45) is 7.73. The lowest BCUT2D eigenvalue weighted by Gasteiger charge is -2.18. The predicted molar refractivity (Wildman–Crippen MR) is 67.2 cm³/mol. The molecule has 1 N–H and O–H groups in total. The van der Waals surface area contributed by atoms with Crippen molar-refractivity contribution in [3.05, 3.63) is 11.6 Å². The molecule has 0 saturated carbocycles. The van der Waals surface area contributed by atoms with Crippen LogP contribution in [-0.4, -0.2) is 37.6 Å². The minimum Gasteiger partial charge on any atom is -0.315 e. The van der Waals surface area contributed by atoms with Gasteiger partial charge in [0.2, 0.25) is 0 Å². The van der Waals surface area contributed by atoms with Gasteiger partial charge in [0, 0.05) is 13.1 Å². The minimum atomic E-state index is 1.13. The third-order valence-corrected chi connectivity index (χ3v) is 3.26. The maximum Gasteiger partial charge on any atom is 0.0107 e. The lowest BCUT2D eigenvalue weighted by atomic mass is 10.2. The van der Waals surface area contributed by atoms with E-state index in [9.17, 15) is 0 Å². The summed E-state index contributed by atoms with van der Waals surface area (Å²) in [6.45, 7) is 10.3. The Bertz CT molecular complexity index is 183. The van der Waals surface area contributed by atoms with Gasteiger partial charge in [0.1, 0.15) is 0 Å². The fraction of sp³-hybridized carbons (Fsp3) is 0.846. The van der Waals surface area contributed by atoms with Crippen LogP contribution in [0.25, 0.3) is 0 Å². The fourth-order valence-electron chi connectivity index (χ4n) is 2.12. The lowest BCUT2D eigenvalue weighted by molar-refractivity contribution is 0.303. The van der Waals surface area contributed by atoms with Crippen molar-refractivity contribution in [1.29, 1.82) is 0 Å². The van der Waals surface area contributed by atoms with Gasteiger partial charge in [-0.05, 0) is 45.3 Å². The van der Waals surface area contributed by atoms with E-state index in [1.807, 2.05) is 0 Å². The van der Waals surface area contributed by atoms with Crippen molar-refractivity contribution in [3.8, 4) is 0 Å². The van der Waals surface area contributed by atoms with E-state index in [1.54, 1.807) is 5.57 Å².